The lowest BCUT2D eigenvalue weighted by molar-refractivity contribution is 0.282. The first-order valence-electron chi connectivity index (χ1n) is 6.23. The van der Waals surface area contributed by atoms with Crippen LogP contribution in [0.5, 0.6) is 0 Å². The Morgan fingerprint density at radius 1 is 1.20 bits per heavy atom. The third-order valence-electron chi connectivity index (χ3n) is 3.08. The van der Waals surface area contributed by atoms with Gasteiger partial charge in [-0.2, -0.15) is 5.26 Å². The first-order valence-corrected chi connectivity index (χ1v) is 6.61. The Hall–Kier alpha value is -2.02. The molecule has 0 aliphatic rings. The molecular weight excluding hydrogens is 272 g/mol. The minimum atomic E-state index is -0.0625. The van der Waals surface area contributed by atoms with Crippen molar-refractivity contribution in [1.82, 2.24) is 0 Å². The molecule has 0 aliphatic heterocycles. The molecule has 2 rings (SSSR count). The average Bonchev–Trinajstić information content (AvgIpc) is 2.46. The maximum atomic E-state index is 9.22. The van der Waals surface area contributed by atoms with Crippen LogP contribution in [0.3, 0.4) is 0 Å². The van der Waals surface area contributed by atoms with Gasteiger partial charge in [0.2, 0.25) is 0 Å². The Labute approximate surface area is 123 Å². The van der Waals surface area contributed by atoms with Crippen LogP contribution in [0.15, 0.2) is 42.5 Å². The summed E-state index contributed by atoms with van der Waals surface area (Å²) >= 11 is 5.97. The number of benzene rings is 2. The number of hydrogen-bond donors (Lipinski definition) is 1. The molecule has 0 saturated heterocycles. The highest BCUT2D eigenvalue weighted by molar-refractivity contribution is 6.30. The van der Waals surface area contributed by atoms with Crippen molar-refractivity contribution in [2.45, 2.75) is 13.2 Å². The SMILES string of the molecule is CN(Cc1cccc(Cl)c1)c1ccc(CO)cc1C#N. The number of hydrogen-bond acceptors (Lipinski definition) is 3. The Balaban J connectivity index is 2.25. The molecule has 0 atom stereocenters. The van der Waals surface area contributed by atoms with Gasteiger partial charge in [0.25, 0.3) is 0 Å². The van der Waals surface area contributed by atoms with E-state index in [9.17, 15) is 5.26 Å². The first kappa shape index (κ1) is 14.4. The molecule has 0 aromatic heterocycles. The van der Waals surface area contributed by atoms with Crippen LogP contribution < -0.4 is 4.90 Å². The number of nitrogens with zero attached hydrogens (tertiary/aromatic N) is 2. The van der Waals surface area contributed by atoms with E-state index in [2.05, 4.69) is 6.07 Å². The molecular formula is C16H15ClN2O. The first-order chi connectivity index (χ1) is 9.63. The van der Waals surface area contributed by atoms with Crippen molar-refractivity contribution < 1.29 is 5.11 Å². The fourth-order valence-corrected chi connectivity index (χ4v) is 2.31. The molecule has 0 heterocycles. The molecule has 102 valence electrons. The summed E-state index contributed by atoms with van der Waals surface area (Å²) in [7, 11) is 1.93. The van der Waals surface area contributed by atoms with Gasteiger partial charge in [-0.3, -0.25) is 0 Å². The Morgan fingerprint density at radius 2 is 2.00 bits per heavy atom. The topological polar surface area (TPSA) is 47.3 Å². The van der Waals surface area contributed by atoms with Gasteiger partial charge in [0.15, 0.2) is 0 Å². The molecule has 0 fully saturated rings. The van der Waals surface area contributed by atoms with Gasteiger partial charge < -0.3 is 10.0 Å². The van der Waals surface area contributed by atoms with Crippen molar-refractivity contribution >= 4 is 17.3 Å². The Bertz CT molecular complexity index is 649. The standard InChI is InChI=1S/C16H15ClN2O/c1-19(10-12-3-2-4-15(17)8-12)16-6-5-13(11-20)7-14(16)9-18/h2-8,20H,10-11H2,1H3. The second kappa shape index (κ2) is 6.42. The molecule has 0 aliphatic carbocycles. The van der Waals surface area contributed by atoms with Crippen molar-refractivity contribution in [3.8, 4) is 6.07 Å². The van der Waals surface area contributed by atoms with Crippen LogP contribution >= 0.6 is 11.6 Å². The molecule has 0 amide bonds. The van der Waals surface area contributed by atoms with Gasteiger partial charge in [-0.1, -0.05) is 29.8 Å². The zero-order valence-electron chi connectivity index (χ0n) is 11.2. The molecule has 0 spiro atoms. The van der Waals surface area contributed by atoms with E-state index in [1.807, 2.05) is 48.3 Å². The molecule has 20 heavy (non-hydrogen) atoms. The van der Waals surface area contributed by atoms with Gasteiger partial charge in [0.1, 0.15) is 6.07 Å². The summed E-state index contributed by atoms with van der Waals surface area (Å²) in [6.45, 7) is 0.598. The second-order valence-corrected chi connectivity index (χ2v) is 5.04. The van der Waals surface area contributed by atoms with Crippen molar-refractivity contribution in [3.05, 3.63) is 64.2 Å². The number of halogens is 1. The molecule has 4 heteroatoms. The molecule has 3 nitrogen and oxygen atoms in total. The van der Waals surface area contributed by atoms with Gasteiger partial charge in [-0.05, 0) is 35.4 Å². The fourth-order valence-electron chi connectivity index (χ4n) is 2.10. The smallest absolute Gasteiger partial charge is 0.101 e. The third-order valence-corrected chi connectivity index (χ3v) is 3.32. The predicted molar refractivity (Wildman–Crippen MR) is 80.6 cm³/mol. The third kappa shape index (κ3) is 3.30. The van der Waals surface area contributed by atoms with E-state index in [4.69, 9.17) is 16.7 Å². The van der Waals surface area contributed by atoms with Crippen LogP contribution in [0, 0.1) is 11.3 Å². The predicted octanol–water partition coefficient (Wildman–Crippen LogP) is 3.34. The number of anilines is 1. The van der Waals surface area contributed by atoms with E-state index in [-0.39, 0.29) is 6.61 Å². The number of aliphatic hydroxyl groups excluding tert-OH is 1. The maximum Gasteiger partial charge on any atom is 0.101 e. The van der Waals surface area contributed by atoms with Crippen LogP contribution in [0.25, 0.3) is 0 Å². The number of aliphatic hydroxyl groups is 1. The van der Waals surface area contributed by atoms with Crippen LogP contribution in [-0.4, -0.2) is 12.2 Å². The van der Waals surface area contributed by atoms with Crippen LogP contribution in [-0.2, 0) is 13.2 Å². The molecule has 0 unspecified atom stereocenters. The van der Waals surface area contributed by atoms with Crippen molar-refractivity contribution in [2.75, 3.05) is 11.9 Å². The van der Waals surface area contributed by atoms with Gasteiger partial charge >= 0.3 is 0 Å². The Kier molecular flexibility index (Phi) is 4.62. The highest BCUT2D eigenvalue weighted by Gasteiger charge is 2.09. The monoisotopic (exact) mass is 286 g/mol. The van der Waals surface area contributed by atoms with E-state index in [1.165, 1.54) is 0 Å². The summed E-state index contributed by atoms with van der Waals surface area (Å²) in [5, 5.41) is 19.0. The van der Waals surface area contributed by atoms with E-state index >= 15 is 0 Å². The fraction of sp³-hybridized carbons (Fsp3) is 0.188. The summed E-state index contributed by atoms with van der Waals surface area (Å²) in [4.78, 5) is 1.99. The molecule has 1 N–H and O–H groups in total. The lowest BCUT2D eigenvalue weighted by Crippen LogP contribution is -2.17. The highest BCUT2D eigenvalue weighted by atomic mass is 35.5. The summed E-state index contributed by atoms with van der Waals surface area (Å²) in [5.74, 6) is 0. The molecule has 2 aromatic rings. The van der Waals surface area contributed by atoms with E-state index < -0.39 is 0 Å². The quantitative estimate of drug-likeness (QED) is 0.938. The van der Waals surface area contributed by atoms with E-state index in [0.29, 0.717) is 17.1 Å². The minimum Gasteiger partial charge on any atom is -0.392 e. The van der Waals surface area contributed by atoms with Crippen LogP contribution in [0.1, 0.15) is 16.7 Å². The largest absolute Gasteiger partial charge is 0.392 e. The second-order valence-electron chi connectivity index (χ2n) is 4.61. The molecule has 2 aromatic carbocycles. The molecule has 0 radical (unpaired) electrons. The van der Waals surface area contributed by atoms with Crippen LogP contribution in [0.4, 0.5) is 5.69 Å². The van der Waals surface area contributed by atoms with E-state index in [1.54, 1.807) is 6.07 Å². The average molecular weight is 287 g/mol. The number of nitriles is 1. The zero-order valence-corrected chi connectivity index (χ0v) is 11.9. The van der Waals surface area contributed by atoms with Crippen molar-refractivity contribution in [3.63, 3.8) is 0 Å². The van der Waals surface area contributed by atoms with Crippen molar-refractivity contribution in [2.24, 2.45) is 0 Å². The summed E-state index contributed by atoms with van der Waals surface area (Å²) in [6.07, 6.45) is 0. The van der Waals surface area contributed by atoms with Gasteiger partial charge in [0.05, 0.1) is 17.9 Å². The number of rotatable bonds is 4. The lowest BCUT2D eigenvalue weighted by atomic mass is 10.1. The Morgan fingerprint density at radius 3 is 2.65 bits per heavy atom. The van der Waals surface area contributed by atoms with Gasteiger partial charge in [0, 0.05) is 18.6 Å². The summed E-state index contributed by atoms with van der Waals surface area (Å²) in [5.41, 5.74) is 3.21. The maximum absolute atomic E-state index is 9.22. The highest BCUT2D eigenvalue weighted by Crippen LogP contribution is 2.23. The normalized spacial score (nSPS) is 10.1. The lowest BCUT2D eigenvalue weighted by Gasteiger charge is -2.21. The summed E-state index contributed by atoms with van der Waals surface area (Å²) < 4.78 is 0. The van der Waals surface area contributed by atoms with Gasteiger partial charge in [-0.15, -0.1) is 0 Å². The summed E-state index contributed by atoms with van der Waals surface area (Å²) in [6, 6.07) is 15.2. The van der Waals surface area contributed by atoms with Crippen molar-refractivity contribution in [1.29, 1.82) is 5.26 Å². The van der Waals surface area contributed by atoms with Crippen LogP contribution in [0.2, 0.25) is 5.02 Å². The minimum absolute atomic E-state index is 0.0625. The van der Waals surface area contributed by atoms with E-state index in [0.717, 1.165) is 16.8 Å². The molecule has 0 saturated carbocycles. The van der Waals surface area contributed by atoms with Gasteiger partial charge in [-0.25, -0.2) is 0 Å². The zero-order chi connectivity index (χ0) is 14.5. The molecule has 0 bridgehead atoms.